The lowest BCUT2D eigenvalue weighted by atomic mass is 9.99. The van der Waals surface area contributed by atoms with Crippen LogP contribution in [0.4, 0.5) is 5.82 Å². The van der Waals surface area contributed by atoms with Gasteiger partial charge in [0, 0.05) is 29.9 Å². The Morgan fingerprint density at radius 1 is 1.22 bits per heavy atom. The number of aliphatic hydroxyl groups is 1. The van der Waals surface area contributed by atoms with Gasteiger partial charge in [0.2, 0.25) is 0 Å². The van der Waals surface area contributed by atoms with Crippen LogP contribution in [0.1, 0.15) is 35.7 Å². The summed E-state index contributed by atoms with van der Waals surface area (Å²) in [6.07, 6.45) is -0.775. The lowest BCUT2D eigenvalue weighted by molar-refractivity contribution is -0.180. The molecule has 3 aromatic heterocycles. The SMILES string of the molecule is Cc1cn([C@H]2CC(OCc3cn(C[C@]45COC(C4OP(=O)(O)OI)[C@H](n4cc(C)c(=O)[nH]c4=O)O5)nn3)[C@@H](CO)O2)c(=O)nc1N. The lowest BCUT2D eigenvalue weighted by Crippen LogP contribution is -2.46. The Balaban J connectivity index is 1.18. The molecule has 3 aromatic rings. The molecule has 46 heavy (non-hydrogen) atoms. The molecule has 0 radical (unpaired) electrons. The van der Waals surface area contributed by atoms with Gasteiger partial charge in [-0.3, -0.25) is 23.4 Å². The maximum Gasteiger partial charge on any atom is 0.482 e. The molecule has 250 valence electrons. The highest BCUT2D eigenvalue weighted by Gasteiger charge is 2.65. The minimum atomic E-state index is -4.56. The van der Waals surface area contributed by atoms with Gasteiger partial charge in [-0.1, -0.05) is 5.21 Å². The van der Waals surface area contributed by atoms with Gasteiger partial charge in [-0.25, -0.2) is 21.7 Å². The molecule has 2 bridgehead atoms. The predicted octanol–water partition coefficient (Wildman–Crippen LogP) is -1.03. The van der Waals surface area contributed by atoms with Gasteiger partial charge in [0.05, 0.1) is 38.7 Å². The van der Waals surface area contributed by atoms with Gasteiger partial charge < -0.3 is 34.7 Å². The van der Waals surface area contributed by atoms with Crippen molar-refractivity contribution in [1.82, 2.24) is 34.1 Å². The molecule has 5 N–H and O–H groups in total. The number of nitrogen functional groups attached to an aromatic ring is 1. The number of H-pyrrole nitrogens is 1. The van der Waals surface area contributed by atoms with Gasteiger partial charge in [0.1, 0.15) is 64.7 Å². The van der Waals surface area contributed by atoms with Crippen LogP contribution in [0.5, 0.6) is 0 Å². The maximum atomic E-state index is 12.7. The second kappa shape index (κ2) is 12.6. The highest BCUT2D eigenvalue weighted by molar-refractivity contribution is 14.1. The minimum absolute atomic E-state index is 0.0404. The topological polar surface area (TPSA) is 259 Å². The van der Waals surface area contributed by atoms with E-state index in [4.69, 9.17) is 29.2 Å². The third-order valence-corrected chi connectivity index (χ3v) is 10.2. The molecule has 3 saturated heterocycles. The molecule has 3 fully saturated rings. The van der Waals surface area contributed by atoms with Gasteiger partial charge in [-0.2, -0.15) is 4.98 Å². The van der Waals surface area contributed by atoms with E-state index in [2.05, 4.69) is 23.1 Å². The van der Waals surface area contributed by atoms with Crippen molar-refractivity contribution in [3.8, 4) is 0 Å². The van der Waals surface area contributed by atoms with Crippen molar-refractivity contribution in [3.05, 3.63) is 66.7 Å². The summed E-state index contributed by atoms with van der Waals surface area (Å²) in [7, 11) is -4.56. The molecule has 0 aromatic carbocycles. The average Bonchev–Trinajstić information content (AvgIpc) is 3.78. The summed E-state index contributed by atoms with van der Waals surface area (Å²) < 4.78 is 50.3. The molecule has 3 aliphatic heterocycles. The number of phosphoric ester groups is 1. The van der Waals surface area contributed by atoms with E-state index in [1.807, 2.05) is 0 Å². The highest BCUT2D eigenvalue weighted by atomic mass is 127. The average molecular weight is 780 g/mol. The number of nitrogens with one attached hydrogen (secondary N) is 1. The van der Waals surface area contributed by atoms with Gasteiger partial charge in [-0.05, 0) is 13.8 Å². The smallest absolute Gasteiger partial charge is 0.394 e. The number of anilines is 1. The first-order valence-corrected chi connectivity index (χ1v) is 16.3. The largest absolute Gasteiger partial charge is 0.482 e. The number of fused-ring (bicyclic) bond motifs is 2. The predicted molar refractivity (Wildman–Crippen MR) is 160 cm³/mol. The number of phosphoric acid groups is 1. The molecule has 22 heteroatoms. The molecule has 0 amide bonds. The monoisotopic (exact) mass is 780 g/mol. The van der Waals surface area contributed by atoms with Crippen molar-refractivity contribution in [3.63, 3.8) is 0 Å². The zero-order valence-electron chi connectivity index (χ0n) is 24.3. The Bertz CT molecular complexity index is 1850. The number of aryl methyl sites for hydroxylation is 2. The Morgan fingerprint density at radius 2 is 1.98 bits per heavy atom. The number of hydrogen-bond acceptors (Lipinski definition) is 15. The van der Waals surface area contributed by atoms with Gasteiger partial charge in [0.25, 0.3) is 5.56 Å². The maximum absolute atomic E-state index is 12.7. The summed E-state index contributed by atoms with van der Waals surface area (Å²) in [6.45, 7) is 2.63. The van der Waals surface area contributed by atoms with Gasteiger partial charge in [0.15, 0.2) is 6.23 Å². The Labute approximate surface area is 272 Å². The van der Waals surface area contributed by atoms with E-state index >= 15 is 0 Å². The van der Waals surface area contributed by atoms with Crippen LogP contribution in [0.15, 0.2) is 33.0 Å². The molecule has 4 unspecified atom stereocenters. The zero-order valence-corrected chi connectivity index (χ0v) is 27.3. The molecule has 6 heterocycles. The molecule has 3 aliphatic rings. The molecule has 6 rings (SSSR count). The molecule has 20 nitrogen and oxygen atoms in total. The molecule has 0 saturated carbocycles. The molecular weight excluding hydrogens is 750 g/mol. The van der Waals surface area contributed by atoms with E-state index in [0.29, 0.717) is 11.3 Å². The molecule has 0 spiro atoms. The Morgan fingerprint density at radius 3 is 2.72 bits per heavy atom. The number of aromatic amines is 1. The van der Waals surface area contributed by atoms with Crippen molar-refractivity contribution in [2.45, 2.75) is 75.9 Å². The van der Waals surface area contributed by atoms with Gasteiger partial charge >= 0.3 is 19.2 Å². The third-order valence-electron chi connectivity index (χ3n) is 8.03. The van der Waals surface area contributed by atoms with Crippen molar-refractivity contribution < 1.29 is 40.9 Å². The van der Waals surface area contributed by atoms with Crippen molar-refractivity contribution in [2.75, 3.05) is 18.9 Å². The normalized spacial score (nSPS) is 30.2. The number of aromatic nitrogens is 7. The summed E-state index contributed by atoms with van der Waals surface area (Å²) >= 11 is 1.25. The van der Waals surface area contributed by atoms with Crippen LogP contribution in [0.3, 0.4) is 0 Å². The number of aliphatic hydroxyl groups excluding tert-OH is 1. The van der Waals surface area contributed by atoms with Crippen LogP contribution in [0, 0.1) is 13.8 Å². The number of hydrogen-bond donors (Lipinski definition) is 4. The van der Waals surface area contributed by atoms with Crippen molar-refractivity contribution in [1.29, 1.82) is 0 Å². The van der Waals surface area contributed by atoms with Crippen LogP contribution in [0.2, 0.25) is 0 Å². The van der Waals surface area contributed by atoms with E-state index in [9.17, 15) is 28.9 Å². The highest BCUT2D eigenvalue weighted by Crippen LogP contribution is 2.55. The van der Waals surface area contributed by atoms with E-state index < -0.39 is 67.2 Å². The number of halogens is 1. The summed E-state index contributed by atoms with van der Waals surface area (Å²) in [4.78, 5) is 53.1. The number of ether oxygens (including phenoxy) is 4. The fourth-order valence-corrected chi connectivity index (χ4v) is 6.68. The van der Waals surface area contributed by atoms with Crippen LogP contribution >= 0.6 is 30.8 Å². The molecule has 0 aliphatic carbocycles. The Hall–Kier alpha value is -2.86. The fourth-order valence-electron chi connectivity index (χ4n) is 5.77. The quantitative estimate of drug-likeness (QED) is 0.134. The first-order valence-electron chi connectivity index (χ1n) is 13.9. The number of nitrogens with two attached hydrogens (primary N) is 1. The van der Waals surface area contributed by atoms with Crippen molar-refractivity contribution in [2.24, 2.45) is 0 Å². The standard InChI is InChI=1S/C24H30IN8O12P/c1-11-4-32(22(36)27-19(11)26)16-3-14(15(7-34)42-16)40-8-13-6-31(30-29-13)9-24-10-41-17(18(24)44-46(38,39)45-25)21(43-24)33-5-12(2)20(35)28-23(33)37/h4-6,14-18,21,34H,3,7-10H2,1-2H3,(H,38,39)(H2,26,27,36)(H,28,35,37)/t14?,15-,16-,17?,18?,21-,24+/m1/s1. The fraction of sp³-hybridized carbons (Fsp3) is 0.583. The first kappa shape index (κ1) is 33.1. The minimum Gasteiger partial charge on any atom is -0.394 e. The van der Waals surface area contributed by atoms with Crippen LogP contribution in [-0.2, 0) is 44.0 Å². The second-order valence-electron chi connectivity index (χ2n) is 11.2. The molecular formula is C24H30IN8O12P. The Kier molecular flexibility index (Phi) is 9.08. The lowest BCUT2D eigenvalue weighted by Gasteiger charge is -2.31. The second-order valence-corrected chi connectivity index (χ2v) is 13.7. The van der Waals surface area contributed by atoms with Crippen molar-refractivity contribution >= 4 is 36.6 Å². The summed E-state index contributed by atoms with van der Waals surface area (Å²) in [5.74, 6) is 0.119. The summed E-state index contributed by atoms with van der Waals surface area (Å²) in [5, 5.41) is 18.1. The van der Waals surface area contributed by atoms with E-state index in [0.717, 1.165) is 4.57 Å². The van der Waals surface area contributed by atoms with E-state index in [1.54, 1.807) is 13.1 Å². The number of rotatable bonds is 11. The van der Waals surface area contributed by atoms with E-state index in [1.165, 1.54) is 51.6 Å². The van der Waals surface area contributed by atoms with Crippen LogP contribution in [0.25, 0.3) is 0 Å². The van der Waals surface area contributed by atoms with Crippen LogP contribution in [-0.4, -0.2) is 87.3 Å². The molecule has 8 atom stereocenters. The van der Waals surface area contributed by atoms with Crippen LogP contribution < -0.4 is 22.7 Å². The first-order chi connectivity index (χ1) is 21.8. The van der Waals surface area contributed by atoms with Gasteiger partial charge in [-0.15, -0.1) is 5.10 Å². The summed E-state index contributed by atoms with van der Waals surface area (Å²) in [6, 6.07) is 0. The van der Waals surface area contributed by atoms with E-state index in [-0.39, 0.29) is 44.2 Å². The zero-order chi connectivity index (χ0) is 33.0. The third kappa shape index (κ3) is 6.23. The number of nitrogens with zero attached hydrogens (tertiary/aromatic N) is 6. The summed E-state index contributed by atoms with van der Waals surface area (Å²) in [5.41, 5.74) is 3.58.